The molecule has 24 heavy (non-hydrogen) atoms. The third-order valence-corrected chi connectivity index (χ3v) is 3.98. The Bertz CT molecular complexity index is 1040. The molecule has 0 aliphatic carbocycles. The summed E-state index contributed by atoms with van der Waals surface area (Å²) in [5.41, 5.74) is 3.37. The molecule has 0 spiro atoms. The van der Waals surface area contributed by atoms with Crippen molar-refractivity contribution in [2.24, 2.45) is 0 Å². The Kier molecular flexibility index (Phi) is 3.31. The van der Waals surface area contributed by atoms with Crippen LogP contribution in [-0.4, -0.2) is 14.7 Å². The second-order valence-corrected chi connectivity index (χ2v) is 5.44. The van der Waals surface area contributed by atoms with E-state index in [2.05, 4.69) is 5.10 Å². The van der Waals surface area contributed by atoms with E-state index in [0.29, 0.717) is 5.56 Å². The fraction of sp³-hybridized carbons (Fsp3) is 0. The predicted octanol–water partition coefficient (Wildman–Crippen LogP) is 4.60. The number of hydrogen-bond acceptors (Lipinski definition) is 3. The van der Waals surface area contributed by atoms with Crippen LogP contribution in [0.15, 0.2) is 79.0 Å². The van der Waals surface area contributed by atoms with Gasteiger partial charge in [0.05, 0.1) is 27.9 Å². The summed E-state index contributed by atoms with van der Waals surface area (Å²) in [4.78, 5) is 10.9. The molecule has 0 amide bonds. The number of para-hydroxylation sites is 2. The number of hydrogen-bond donors (Lipinski definition) is 0. The van der Waals surface area contributed by atoms with Crippen LogP contribution < -0.4 is 0 Å². The maximum absolute atomic E-state index is 11.3. The number of nitro groups is 1. The fourth-order valence-corrected chi connectivity index (χ4v) is 2.84. The molecule has 0 saturated heterocycles. The average Bonchev–Trinajstić information content (AvgIpc) is 3.05. The normalized spacial score (nSPS) is 10.8. The molecule has 0 unspecified atom stereocenters. The lowest BCUT2D eigenvalue weighted by atomic mass is 10.0. The summed E-state index contributed by atoms with van der Waals surface area (Å²) in [6, 6.07) is 22.4. The zero-order chi connectivity index (χ0) is 16.5. The molecule has 0 atom stereocenters. The predicted molar refractivity (Wildman–Crippen MR) is 93.2 cm³/mol. The minimum absolute atomic E-state index is 0.0997. The molecule has 0 saturated carbocycles. The van der Waals surface area contributed by atoms with Crippen LogP contribution in [0.2, 0.25) is 0 Å². The minimum atomic E-state index is -0.353. The molecular weight excluding hydrogens is 302 g/mol. The van der Waals surface area contributed by atoms with Crippen LogP contribution in [0, 0.1) is 10.1 Å². The number of nitro benzene ring substituents is 1. The zero-order valence-electron chi connectivity index (χ0n) is 12.7. The van der Waals surface area contributed by atoms with Gasteiger partial charge in [-0.2, -0.15) is 5.10 Å². The monoisotopic (exact) mass is 315 g/mol. The van der Waals surface area contributed by atoms with E-state index in [1.54, 1.807) is 24.4 Å². The standard InChI is InChI=1S/C19H13N3O2/c23-22(24)18-9-5-4-8-17(18)14-10-11-15-13-20-21(19(15)12-14)16-6-2-1-3-7-16/h1-13H. The summed E-state index contributed by atoms with van der Waals surface area (Å²) in [7, 11) is 0. The highest BCUT2D eigenvalue weighted by Crippen LogP contribution is 2.32. The van der Waals surface area contributed by atoms with Crippen molar-refractivity contribution >= 4 is 16.6 Å². The van der Waals surface area contributed by atoms with Gasteiger partial charge in [0.2, 0.25) is 0 Å². The van der Waals surface area contributed by atoms with Crippen molar-refractivity contribution in [1.82, 2.24) is 9.78 Å². The van der Waals surface area contributed by atoms with E-state index in [1.165, 1.54) is 6.07 Å². The molecule has 5 nitrogen and oxygen atoms in total. The Hall–Kier alpha value is -3.47. The Morgan fingerprint density at radius 1 is 0.917 bits per heavy atom. The van der Waals surface area contributed by atoms with E-state index in [1.807, 2.05) is 53.2 Å². The van der Waals surface area contributed by atoms with Gasteiger partial charge >= 0.3 is 0 Å². The van der Waals surface area contributed by atoms with Gasteiger partial charge in [-0.1, -0.05) is 42.5 Å². The third-order valence-electron chi connectivity index (χ3n) is 3.98. The van der Waals surface area contributed by atoms with Gasteiger partial charge in [0, 0.05) is 11.5 Å². The lowest BCUT2D eigenvalue weighted by Crippen LogP contribution is -1.96. The van der Waals surface area contributed by atoms with Gasteiger partial charge in [-0.15, -0.1) is 0 Å². The topological polar surface area (TPSA) is 61.0 Å². The van der Waals surface area contributed by atoms with Crippen molar-refractivity contribution < 1.29 is 4.92 Å². The van der Waals surface area contributed by atoms with Crippen LogP contribution in [0.3, 0.4) is 0 Å². The van der Waals surface area contributed by atoms with Crippen LogP contribution in [0.25, 0.3) is 27.7 Å². The lowest BCUT2D eigenvalue weighted by molar-refractivity contribution is -0.384. The second kappa shape index (κ2) is 5.62. The molecular formula is C19H13N3O2. The molecule has 0 bridgehead atoms. The molecule has 4 aromatic rings. The van der Waals surface area contributed by atoms with Gasteiger partial charge in [0.1, 0.15) is 0 Å². The average molecular weight is 315 g/mol. The van der Waals surface area contributed by atoms with E-state index in [0.717, 1.165) is 22.2 Å². The summed E-state index contributed by atoms with van der Waals surface area (Å²) in [5.74, 6) is 0. The highest BCUT2D eigenvalue weighted by Gasteiger charge is 2.15. The van der Waals surface area contributed by atoms with Gasteiger partial charge in [0.25, 0.3) is 5.69 Å². The minimum Gasteiger partial charge on any atom is -0.258 e. The van der Waals surface area contributed by atoms with Gasteiger partial charge in [-0.3, -0.25) is 10.1 Å². The van der Waals surface area contributed by atoms with Crippen molar-refractivity contribution in [2.45, 2.75) is 0 Å². The van der Waals surface area contributed by atoms with Crippen molar-refractivity contribution in [3.63, 3.8) is 0 Å². The summed E-state index contributed by atoms with van der Waals surface area (Å²) in [6.07, 6.45) is 1.80. The maximum Gasteiger partial charge on any atom is 0.277 e. The van der Waals surface area contributed by atoms with E-state index in [-0.39, 0.29) is 10.6 Å². The van der Waals surface area contributed by atoms with Crippen molar-refractivity contribution in [3.8, 4) is 16.8 Å². The van der Waals surface area contributed by atoms with Gasteiger partial charge in [-0.25, -0.2) is 4.68 Å². The van der Waals surface area contributed by atoms with Crippen LogP contribution in [0.1, 0.15) is 0 Å². The first-order valence-electron chi connectivity index (χ1n) is 7.51. The molecule has 3 aromatic carbocycles. The first kappa shape index (κ1) is 14.1. The maximum atomic E-state index is 11.3. The number of aromatic nitrogens is 2. The Morgan fingerprint density at radius 3 is 2.46 bits per heavy atom. The first-order chi connectivity index (χ1) is 11.7. The molecule has 0 aliphatic rings. The molecule has 5 heteroatoms. The van der Waals surface area contributed by atoms with Gasteiger partial charge < -0.3 is 0 Å². The number of nitrogens with zero attached hydrogens (tertiary/aromatic N) is 3. The highest BCUT2D eigenvalue weighted by molar-refractivity contribution is 5.87. The van der Waals surface area contributed by atoms with Gasteiger partial charge in [-0.05, 0) is 29.8 Å². The van der Waals surface area contributed by atoms with Crippen molar-refractivity contribution in [1.29, 1.82) is 0 Å². The largest absolute Gasteiger partial charge is 0.277 e. The molecule has 0 N–H and O–H groups in total. The molecule has 0 radical (unpaired) electrons. The zero-order valence-corrected chi connectivity index (χ0v) is 12.7. The van der Waals surface area contributed by atoms with Crippen LogP contribution in [-0.2, 0) is 0 Å². The summed E-state index contributed by atoms with van der Waals surface area (Å²) in [5, 5.41) is 16.7. The molecule has 4 rings (SSSR count). The van der Waals surface area contributed by atoms with Gasteiger partial charge in [0.15, 0.2) is 0 Å². The van der Waals surface area contributed by atoms with E-state index in [9.17, 15) is 10.1 Å². The Balaban J connectivity index is 1.92. The Labute approximate surface area is 137 Å². The Morgan fingerprint density at radius 2 is 1.67 bits per heavy atom. The summed E-state index contributed by atoms with van der Waals surface area (Å²) < 4.78 is 1.84. The fourth-order valence-electron chi connectivity index (χ4n) is 2.84. The van der Waals surface area contributed by atoms with Crippen molar-refractivity contribution in [2.75, 3.05) is 0 Å². The molecule has 0 aliphatic heterocycles. The molecule has 1 aromatic heterocycles. The number of rotatable bonds is 3. The summed E-state index contributed by atoms with van der Waals surface area (Å²) >= 11 is 0. The van der Waals surface area contributed by atoms with Crippen LogP contribution >= 0.6 is 0 Å². The van der Waals surface area contributed by atoms with E-state index in [4.69, 9.17) is 0 Å². The number of benzene rings is 3. The first-order valence-corrected chi connectivity index (χ1v) is 7.51. The third kappa shape index (κ3) is 2.32. The molecule has 1 heterocycles. The smallest absolute Gasteiger partial charge is 0.258 e. The lowest BCUT2D eigenvalue weighted by Gasteiger charge is -2.06. The molecule has 116 valence electrons. The summed E-state index contributed by atoms with van der Waals surface area (Å²) in [6.45, 7) is 0. The quantitative estimate of drug-likeness (QED) is 0.410. The van der Waals surface area contributed by atoms with E-state index < -0.39 is 0 Å². The van der Waals surface area contributed by atoms with Crippen molar-refractivity contribution in [3.05, 3.63) is 89.1 Å². The highest BCUT2D eigenvalue weighted by atomic mass is 16.6. The second-order valence-electron chi connectivity index (χ2n) is 5.44. The SMILES string of the molecule is O=[N+]([O-])c1ccccc1-c1ccc2cnn(-c3ccccc3)c2c1. The van der Waals surface area contributed by atoms with E-state index >= 15 is 0 Å². The molecule has 0 fully saturated rings. The number of fused-ring (bicyclic) bond motifs is 1. The van der Waals surface area contributed by atoms with Crippen LogP contribution in [0.4, 0.5) is 5.69 Å². The van der Waals surface area contributed by atoms with Crippen LogP contribution in [0.5, 0.6) is 0 Å².